The van der Waals surface area contributed by atoms with Crippen LogP contribution in [0.4, 0.5) is 0 Å². The van der Waals surface area contributed by atoms with Crippen LogP contribution in [0.3, 0.4) is 0 Å². The fourth-order valence-corrected chi connectivity index (χ4v) is 2.93. The van der Waals surface area contributed by atoms with Crippen molar-refractivity contribution in [3.63, 3.8) is 0 Å². The molecule has 3 unspecified atom stereocenters. The number of hydrogen-bond acceptors (Lipinski definition) is 1. The lowest BCUT2D eigenvalue weighted by atomic mass is 9.84. The summed E-state index contributed by atoms with van der Waals surface area (Å²) in [5.74, 6) is 1.94. The highest BCUT2D eigenvalue weighted by molar-refractivity contribution is 7.99. The molecule has 0 heterocycles. The van der Waals surface area contributed by atoms with Gasteiger partial charge in [-0.25, -0.2) is 0 Å². The molecule has 0 nitrogen and oxygen atoms in total. The predicted octanol–water partition coefficient (Wildman–Crippen LogP) is 3.17. The van der Waals surface area contributed by atoms with Crippen molar-refractivity contribution in [3.8, 4) is 0 Å². The maximum Gasteiger partial charge on any atom is 0.00724 e. The SMILES string of the molecule is CSC1CC(C)CCC1C. The summed E-state index contributed by atoms with van der Waals surface area (Å²) >= 11 is 2.06. The summed E-state index contributed by atoms with van der Waals surface area (Å²) in [6.45, 7) is 4.78. The molecule has 0 aromatic carbocycles. The van der Waals surface area contributed by atoms with Gasteiger partial charge in [-0.1, -0.05) is 20.3 Å². The molecule has 1 saturated carbocycles. The summed E-state index contributed by atoms with van der Waals surface area (Å²) in [5.41, 5.74) is 0. The first-order valence-electron chi connectivity index (χ1n) is 4.26. The Kier molecular flexibility index (Phi) is 3.09. The van der Waals surface area contributed by atoms with Crippen molar-refractivity contribution < 1.29 is 0 Å². The van der Waals surface area contributed by atoms with E-state index in [1.54, 1.807) is 0 Å². The number of hydrogen-bond donors (Lipinski definition) is 0. The zero-order valence-corrected chi connectivity index (χ0v) is 8.08. The summed E-state index contributed by atoms with van der Waals surface area (Å²) < 4.78 is 0. The fourth-order valence-electron chi connectivity index (χ4n) is 1.81. The number of thioether (sulfide) groups is 1. The van der Waals surface area contributed by atoms with Crippen LogP contribution in [0.5, 0.6) is 0 Å². The zero-order chi connectivity index (χ0) is 7.56. The number of rotatable bonds is 1. The van der Waals surface area contributed by atoms with Crippen LogP contribution < -0.4 is 0 Å². The first kappa shape index (κ1) is 8.45. The van der Waals surface area contributed by atoms with Gasteiger partial charge in [0.2, 0.25) is 0 Å². The van der Waals surface area contributed by atoms with Crippen molar-refractivity contribution in [2.24, 2.45) is 11.8 Å². The van der Waals surface area contributed by atoms with Crippen LogP contribution in [0.15, 0.2) is 0 Å². The van der Waals surface area contributed by atoms with Gasteiger partial charge in [0.25, 0.3) is 0 Å². The van der Waals surface area contributed by atoms with Crippen LogP contribution in [0, 0.1) is 11.8 Å². The average molecular weight is 158 g/mol. The Labute approximate surface area is 68.8 Å². The molecule has 10 heavy (non-hydrogen) atoms. The monoisotopic (exact) mass is 158 g/mol. The molecule has 0 aliphatic heterocycles. The highest BCUT2D eigenvalue weighted by Gasteiger charge is 2.23. The summed E-state index contributed by atoms with van der Waals surface area (Å²) in [7, 11) is 0. The molecular weight excluding hydrogens is 140 g/mol. The van der Waals surface area contributed by atoms with Crippen molar-refractivity contribution in [1.82, 2.24) is 0 Å². The van der Waals surface area contributed by atoms with E-state index in [4.69, 9.17) is 0 Å². The molecule has 1 aliphatic rings. The van der Waals surface area contributed by atoms with Gasteiger partial charge in [-0.2, -0.15) is 11.8 Å². The molecule has 1 rings (SSSR count). The molecule has 0 bridgehead atoms. The smallest absolute Gasteiger partial charge is 0.00724 e. The van der Waals surface area contributed by atoms with Gasteiger partial charge in [0, 0.05) is 5.25 Å². The van der Waals surface area contributed by atoms with Gasteiger partial charge >= 0.3 is 0 Å². The normalized spacial score (nSPS) is 41.7. The Morgan fingerprint density at radius 1 is 1.20 bits per heavy atom. The molecular formula is C9H18S. The second kappa shape index (κ2) is 3.66. The van der Waals surface area contributed by atoms with Crippen LogP contribution in [0.25, 0.3) is 0 Å². The van der Waals surface area contributed by atoms with Gasteiger partial charge in [-0.05, 0) is 30.9 Å². The maximum atomic E-state index is 2.40. The second-order valence-corrected chi connectivity index (χ2v) is 4.75. The van der Waals surface area contributed by atoms with Gasteiger partial charge in [0.1, 0.15) is 0 Å². The zero-order valence-electron chi connectivity index (χ0n) is 7.26. The lowest BCUT2D eigenvalue weighted by Crippen LogP contribution is -2.23. The van der Waals surface area contributed by atoms with Crippen LogP contribution in [0.1, 0.15) is 33.1 Å². The van der Waals surface area contributed by atoms with E-state index >= 15 is 0 Å². The minimum atomic E-state index is 0.948. The topological polar surface area (TPSA) is 0 Å². The van der Waals surface area contributed by atoms with E-state index < -0.39 is 0 Å². The molecule has 3 atom stereocenters. The van der Waals surface area contributed by atoms with Gasteiger partial charge < -0.3 is 0 Å². The highest BCUT2D eigenvalue weighted by atomic mass is 32.2. The van der Waals surface area contributed by atoms with Crippen LogP contribution in [-0.4, -0.2) is 11.5 Å². The van der Waals surface area contributed by atoms with E-state index in [1.807, 2.05) is 0 Å². The molecule has 0 spiro atoms. The minimum absolute atomic E-state index is 0.948. The molecule has 1 fully saturated rings. The summed E-state index contributed by atoms with van der Waals surface area (Å²) in [6.07, 6.45) is 6.60. The third-order valence-corrected chi connectivity index (χ3v) is 3.95. The Balaban J connectivity index is 2.38. The lowest BCUT2D eigenvalue weighted by Gasteiger charge is -2.31. The predicted molar refractivity (Wildman–Crippen MR) is 49.5 cm³/mol. The third kappa shape index (κ3) is 1.91. The molecule has 1 aliphatic carbocycles. The lowest BCUT2D eigenvalue weighted by molar-refractivity contribution is 0.318. The summed E-state index contributed by atoms with van der Waals surface area (Å²) in [5, 5.41) is 0.948. The first-order chi connectivity index (χ1) is 4.74. The largest absolute Gasteiger partial charge is 0.162 e. The highest BCUT2D eigenvalue weighted by Crippen LogP contribution is 2.34. The molecule has 0 N–H and O–H groups in total. The Hall–Kier alpha value is 0.350. The van der Waals surface area contributed by atoms with Gasteiger partial charge in [-0.3, -0.25) is 0 Å². The molecule has 0 aromatic rings. The standard InChI is InChI=1S/C9H18S/c1-7-4-5-8(2)9(6-7)10-3/h7-9H,4-6H2,1-3H3. The van der Waals surface area contributed by atoms with Gasteiger partial charge in [-0.15, -0.1) is 0 Å². The summed E-state index contributed by atoms with van der Waals surface area (Å²) in [6, 6.07) is 0. The molecule has 0 amide bonds. The third-order valence-electron chi connectivity index (χ3n) is 2.69. The van der Waals surface area contributed by atoms with E-state index in [-0.39, 0.29) is 0 Å². The van der Waals surface area contributed by atoms with E-state index in [1.165, 1.54) is 19.3 Å². The maximum absolute atomic E-state index is 2.40. The van der Waals surface area contributed by atoms with Crippen molar-refractivity contribution in [2.75, 3.05) is 6.26 Å². The van der Waals surface area contributed by atoms with E-state index in [0.717, 1.165) is 17.1 Å². The Bertz CT molecular complexity index is 101. The van der Waals surface area contributed by atoms with Crippen molar-refractivity contribution in [2.45, 2.75) is 38.4 Å². The molecule has 0 radical (unpaired) electrons. The fraction of sp³-hybridized carbons (Fsp3) is 1.00. The van der Waals surface area contributed by atoms with Crippen molar-refractivity contribution in [1.29, 1.82) is 0 Å². The van der Waals surface area contributed by atoms with Crippen LogP contribution in [0.2, 0.25) is 0 Å². The first-order valence-corrected chi connectivity index (χ1v) is 5.55. The molecule has 0 aromatic heterocycles. The Morgan fingerprint density at radius 2 is 1.90 bits per heavy atom. The average Bonchev–Trinajstić information content (AvgIpc) is 1.94. The van der Waals surface area contributed by atoms with Crippen molar-refractivity contribution >= 4 is 11.8 Å². The van der Waals surface area contributed by atoms with E-state index in [9.17, 15) is 0 Å². The Morgan fingerprint density at radius 3 is 2.40 bits per heavy atom. The van der Waals surface area contributed by atoms with Crippen LogP contribution >= 0.6 is 11.8 Å². The molecule has 1 heteroatoms. The van der Waals surface area contributed by atoms with Crippen LogP contribution in [-0.2, 0) is 0 Å². The van der Waals surface area contributed by atoms with Crippen molar-refractivity contribution in [3.05, 3.63) is 0 Å². The second-order valence-electron chi connectivity index (χ2n) is 3.67. The molecule has 60 valence electrons. The molecule has 0 saturated heterocycles. The summed E-state index contributed by atoms with van der Waals surface area (Å²) in [4.78, 5) is 0. The van der Waals surface area contributed by atoms with E-state index in [0.29, 0.717) is 0 Å². The quantitative estimate of drug-likeness (QED) is 0.565. The van der Waals surface area contributed by atoms with Gasteiger partial charge in [0.05, 0.1) is 0 Å². The van der Waals surface area contributed by atoms with Gasteiger partial charge in [0.15, 0.2) is 0 Å². The van der Waals surface area contributed by atoms with E-state index in [2.05, 4.69) is 31.9 Å². The minimum Gasteiger partial charge on any atom is -0.162 e.